The normalized spacial score (nSPS) is 31.6. The summed E-state index contributed by atoms with van der Waals surface area (Å²) < 4.78 is 0. The molecular weight excluding hydrogens is 226 g/mol. The molecule has 0 radical (unpaired) electrons. The van der Waals surface area contributed by atoms with E-state index in [1.54, 1.807) is 0 Å². The fourth-order valence-electron chi connectivity index (χ4n) is 3.65. The average Bonchev–Trinajstić information content (AvgIpc) is 2.64. The lowest BCUT2D eigenvalue weighted by atomic mass is 9.75. The molecule has 18 heavy (non-hydrogen) atoms. The van der Waals surface area contributed by atoms with E-state index in [0.29, 0.717) is 18.4 Å². The number of carbonyl (C=O) groups excluding carboxylic acids is 1. The summed E-state index contributed by atoms with van der Waals surface area (Å²) in [5.74, 6) is 0.297. The van der Waals surface area contributed by atoms with Crippen molar-refractivity contribution in [3.63, 3.8) is 0 Å². The van der Waals surface area contributed by atoms with Gasteiger partial charge in [-0.1, -0.05) is 0 Å². The van der Waals surface area contributed by atoms with Gasteiger partial charge in [0.15, 0.2) is 0 Å². The Morgan fingerprint density at radius 3 is 2.67 bits per heavy atom. The minimum atomic E-state index is -0.168. The van der Waals surface area contributed by atoms with E-state index in [1.165, 1.54) is 32.4 Å². The molecule has 1 aliphatic carbocycles. The van der Waals surface area contributed by atoms with Crippen LogP contribution < -0.4 is 5.73 Å². The summed E-state index contributed by atoms with van der Waals surface area (Å²) in [5, 5.41) is 0. The number of amides is 1. The maximum absolute atomic E-state index is 12.4. The van der Waals surface area contributed by atoms with Crippen molar-refractivity contribution in [3.8, 4) is 0 Å². The zero-order valence-corrected chi connectivity index (χ0v) is 11.2. The van der Waals surface area contributed by atoms with E-state index in [1.807, 2.05) is 0 Å². The topological polar surface area (TPSA) is 49.6 Å². The van der Waals surface area contributed by atoms with E-state index in [4.69, 9.17) is 5.73 Å². The predicted octanol–water partition coefficient (Wildman–Crippen LogP) is 0.955. The lowest BCUT2D eigenvalue weighted by molar-refractivity contribution is -0.133. The van der Waals surface area contributed by atoms with Crippen LogP contribution in [0, 0.1) is 0 Å². The quantitative estimate of drug-likeness (QED) is 0.795. The molecule has 102 valence electrons. The van der Waals surface area contributed by atoms with Crippen LogP contribution in [0.4, 0.5) is 0 Å². The fraction of sp³-hybridized carbons (Fsp3) is 0.929. The molecule has 0 spiro atoms. The van der Waals surface area contributed by atoms with Crippen molar-refractivity contribution >= 4 is 5.91 Å². The molecule has 3 fully saturated rings. The summed E-state index contributed by atoms with van der Waals surface area (Å²) in [6.45, 7) is 4.27. The van der Waals surface area contributed by atoms with Gasteiger partial charge in [-0.25, -0.2) is 0 Å². The van der Waals surface area contributed by atoms with Gasteiger partial charge < -0.3 is 10.6 Å². The second kappa shape index (κ2) is 4.82. The zero-order valence-electron chi connectivity index (χ0n) is 11.2. The summed E-state index contributed by atoms with van der Waals surface area (Å²) in [7, 11) is 0. The zero-order chi connectivity index (χ0) is 12.6. The van der Waals surface area contributed by atoms with E-state index < -0.39 is 0 Å². The largest absolute Gasteiger partial charge is 0.341 e. The molecule has 2 aliphatic heterocycles. The van der Waals surface area contributed by atoms with Gasteiger partial charge in [0.1, 0.15) is 0 Å². The number of hydrogen-bond donors (Lipinski definition) is 1. The van der Waals surface area contributed by atoms with Crippen LogP contribution in [0.5, 0.6) is 0 Å². The number of carbonyl (C=O) groups is 1. The lowest BCUT2D eigenvalue weighted by Crippen LogP contribution is -2.51. The summed E-state index contributed by atoms with van der Waals surface area (Å²) in [6, 6.07) is 0.617. The maximum atomic E-state index is 12.4. The Bertz CT molecular complexity index is 327. The Labute approximate surface area is 109 Å². The molecule has 0 bridgehead atoms. The van der Waals surface area contributed by atoms with Crippen LogP contribution >= 0.6 is 0 Å². The van der Waals surface area contributed by atoms with Crippen molar-refractivity contribution in [2.75, 3.05) is 26.2 Å². The number of fused-ring (bicyclic) bond motifs is 1. The van der Waals surface area contributed by atoms with E-state index in [2.05, 4.69) is 9.80 Å². The molecule has 1 atom stereocenters. The first kappa shape index (κ1) is 12.4. The molecule has 2 heterocycles. The van der Waals surface area contributed by atoms with E-state index in [0.717, 1.165) is 32.4 Å². The predicted molar refractivity (Wildman–Crippen MR) is 71.2 cm³/mol. The molecule has 0 aromatic heterocycles. The van der Waals surface area contributed by atoms with Gasteiger partial charge in [0, 0.05) is 37.6 Å². The Balaban J connectivity index is 1.59. The van der Waals surface area contributed by atoms with Crippen LogP contribution in [-0.4, -0.2) is 53.5 Å². The Morgan fingerprint density at radius 2 is 1.94 bits per heavy atom. The van der Waals surface area contributed by atoms with Crippen molar-refractivity contribution in [3.05, 3.63) is 0 Å². The van der Waals surface area contributed by atoms with Crippen molar-refractivity contribution in [1.29, 1.82) is 0 Å². The van der Waals surface area contributed by atoms with Gasteiger partial charge in [0.05, 0.1) is 0 Å². The summed E-state index contributed by atoms with van der Waals surface area (Å²) >= 11 is 0. The van der Waals surface area contributed by atoms with Gasteiger partial charge in [-0.05, 0) is 45.1 Å². The van der Waals surface area contributed by atoms with Crippen LogP contribution in [0.2, 0.25) is 0 Å². The summed E-state index contributed by atoms with van der Waals surface area (Å²) in [6.07, 6.45) is 7.51. The fourth-order valence-corrected chi connectivity index (χ4v) is 3.65. The molecule has 1 saturated carbocycles. The first-order valence-electron chi connectivity index (χ1n) is 7.47. The lowest BCUT2D eigenvalue weighted by Gasteiger charge is -2.39. The standard InChI is InChI=1S/C14H25N3O/c15-14(5-2-6-14)10-13(18)17-9-3-8-16-7-1-4-12(16)11-17/h12H,1-11,15H2. The highest BCUT2D eigenvalue weighted by Gasteiger charge is 2.37. The Hall–Kier alpha value is -0.610. The van der Waals surface area contributed by atoms with E-state index in [9.17, 15) is 4.79 Å². The molecule has 2 N–H and O–H groups in total. The average molecular weight is 251 g/mol. The highest BCUT2D eigenvalue weighted by Crippen LogP contribution is 2.33. The molecule has 4 nitrogen and oxygen atoms in total. The molecule has 3 aliphatic rings. The van der Waals surface area contributed by atoms with Crippen LogP contribution in [0.3, 0.4) is 0 Å². The number of rotatable bonds is 2. The Kier molecular flexibility index (Phi) is 3.32. The number of nitrogens with two attached hydrogens (primary N) is 1. The SMILES string of the molecule is NC1(CC(=O)N2CCCN3CCCC3C2)CCC1. The number of hydrogen-bond acceptors (Lipinski definition) is 3. The smallest absolute Gasteiger partial charge is 0.224 e. The van der Waals surface area contributed by atoms with Crippen molar-refractivity contribution in [2.24, 2.45) is 5.73 Å². The number of nitrogens with zero attached hydrogens (tertiary/aromatic N) is 2. The third-order valence-electron chi connectivity index (χ3n) is 5.01. The van der Waals surface area contributed by atoms with Crippen molar-refractivity contribution in [1.82, 2.24) is 9.80 Å². The maximum Gasteiger partial charge on any atom is 0.224 e. The van der Waals surface area contributed by atoms with E-state index in [-0.39, 0.29) is 5.54 Å². The van der Waals surface area contributed by atoms with Gasteiger partial charge in [-0.15, -0.1) is 0 Å². The summed E-state index contributed by atoms with van der Waals surface area (Å²) in [5.41, 5.74) is 6.03. The van der Waals surface area contributed by atoms with Gasteiger partial charge in [-0.2, -0.15) is 0 Å². The van der Waals surface area contributed by atoms with Crippen molar-refractivity contribution in [2.45, 2.75) is 56.5 Å². The van der Waals surface area contributed by atoms with Crippen molar-refractivity contribution < 1.29 is 4.79 Å². The van der Waals surface area contributed by atoms with Crippen LogP contribution in [0.25, 0.3) is 0 Å². The third kappa shape index (κ3) is 2.41. The molecular formula is C14H25N3O. The van der Waals surface area contributed by atoms with Gasteiger partial charge in [0.25, 0.3) is 0 Å². The highest BCUT2D eigenvalue weighted by atomic mass is 16.2. The second-order valence-corrected chi connectivity index (χ2v) is 6.42. The molecule has 0 aromatic carbocycles. The second-order valence-electron chi connectivity index (χ2n) is 6.42. The molecule has 1 amide bonds. The van der Waals surface area contributed by atoms with Crippen LogP contribution in [-0.2, 0) is 4.79 Å². The van der Waals surface area contributed by atoms with E-state index >= 15 is 0 Å². The van der Waals surface area contributed by atoms with Crippen LogP contribution in [0.1, 0.15) is 44.9 Å². The van der Waals surface area contributed by atoms with Crippen LogP contribution in [0.15, 0.2) is 0 Å². The first-order valence-corrected chi connectivity index (χ1v) is 7.47. The molecule has 1 unspecified atom stereocenters. The van der Waals surface area contributed by atoms with Gasteiger partial charge >= 0.3 is 0 Å². The molecule has 2 saturated heterocycles. The third-order valence-corrected chi connectivity index (χ3v) is 5.01. The minimum Gasteiger partial charge on any atom is -0.341 e. The molecule has 3 rings (SSSR count). The minimum absolute atomic E-state index is 0.168. The van der Waals surface area contributed by atoms with Gasteiger partial charge in [-0.3, -0.25) is 9.69 Å². The Morgan fingerprint density at radius 1 is 1.17 bits per heavy atom. The van der Waals surface area contributed by atoms with Gasteiger partial charge in [0.2, 0.25) is 5.91 Å². The summed E-state index contributed by atoms with van der Waals surface area (Å²) in [4.78, 5) is 17.0. The highest BCUT2D eigenvalue weighted by molar-refractivity contribution is 5.77. The first-order chi connectivity index (χ1) is 8.66. The molecule has 0 aromatic rings. The monoisotopic (exact) mass is 251 g/mol. The molecule has 4 heteroatoms.